The molecule has 1 heterocycles. The van der Waals surface area contributed by atoms with Crippen LogP contribution in [0, 0.1) is 0 Å². The highest BCUT2D eigenvalue weighted by molar-refractivity contribution is 8.27. The number of thioether (sulfide) groups is 1. The number of anilines is 1. The first kappa shape index (κ1) is 20.9. The number of nitrogens with zero attached hydrogens (tertiary/aromatic N) is 1. The highest BCUT2D eigenvalue weighted by atomic mass is 32.2. The number of benzene rings is 2. The third-order valence-corrected chi connectivity index (χ3v) is 5.38. The number of carboxylic acids is 1. The molecule has 0 bridgehead atoms. The summed E-state index contributed by atoms with van der Waals surface area (Å²) in [6.45, 7) is 2.60. The summed E-state index contributed by atoms with van der Waals surface area (Å²) in [6.07, 6.45) is 2.60. The minimum atomic E-state index is -1.31. The summed E-state index contributed by atoms with van der Waals surface area (Å²) in [5.74, 6) is -0.423. The first-order valence-electron chi connectivity index (χ1n) is 8.84. The molecular weight excluding hydrogens is 410 g/mol. The molecule has 1 saturated heterocycles. The molecule has 0 radical (unpaired) electrons. The van der Waals surface area contributed by atoms with E-state index in [-0.39, 0.29) is 11.5 Å². The molecule has 0 spiro atoms. The Morgan fingerprint density at radius 2 is 2.03 bits per heavy atom. The predicted octanol–water partition coefficient (Wildman–Crippen LogP) is 3.25. The zero-order valence-electron chi connectivity index (χ0n) is 15.8. The van der Waals surface area contributed by atoms with Gasteiger partial charge in [-0.05, 0) is 47.9 Å². The molecule has 1 aliphatic rings. The van der Waals surface area contributed by atoms with Gasteiger partial charge in [0, 0.05) is 0 Å². The number of aromatic carboxylic acids is 1. The van der Waals surface area contributed by atoms with Crippen molar-refractivity contribution < 1.29 is 24.2 Å². The van der Waals surface area contributed by atoms with E-state index in [1.807, 2.05) is 13.0 Å². The Kier molecular flexibility index (Phi) is 6.56. The Morgan fingerprint density at radius 1 is 1.24 bits per heavy atom. The standard InChI is InChI=1S/C21H19NO5S2/c1-3-9-27-16-8-7-13(10-17(16)26-2)11-18-19(23)22(21(28)29-18)15-6-4-5-14(12-15)20(24)25/h4-8,10-12H,3,9H2,1-2H3,(H,24,25)/p-1/b18-11-. The molecule has 6 nitrogen and oxygen atoms in total. The fourth-order valence-electron chi connectivity index (χ4n) is 2.72. The van der Waals surface area contributed by atoms with Crippen LogP contribution in [0.2, 0.25) is 0 Å². The maximum absolute atomic E-state index is 12.9. The molecule has 0 unspecified atom stereocenters. The second kappa shape index (κ2) is 9.11. The number of hydrogen-bond acceptors (Lipinski definition) is 7. The average molecular weight is 429 g/mol. The third-order valence-electron chi connectivity index (χ3n) is 4.08. The smallest absolute Gasteiger partial charge is 0.270 e. The lowest BCUT2D eigenvalue weighted by Gasteiger charge is -2.15. The first-order chi connectivity index (χ1) is 13.9. The van der Waals surface area contributed by atoms with Gasteiger partial charge in [-0.1, -0.05) is 49.1 Å². The number of carboxylic acid groups (broad SMARTS) is 1. The topological polar surface area (TPSA) is 78.9 Å². The van der Waals surface area contributed by atoms with Gasteiger partial charge >= 0.3 is 0 Å². The van der Waals surface area contributed by atoms with Crippen molar-refractivity contribution in [3.8, 4) is 11.5 Å². The van der Waals surface area contributed by atoms with Gasteiger partial charge in [0.1, 0.15) is 0 Å². The Labute approximate surface area is 178 Å². The normalized spacial score (nSPS) is 15.1. The van der Waals surface area contributed by atoms with Crippen LogP contribution in [0.25, 0.3) is 6.08 Å². The molecule has 0 N–H and O–H groups in total. The second-order valence-electron chi connectivity index (χ2n) is 6.11. The van der Waals surface area contributed by atoms with E-state index >= 15 is 0 Å². The fraction of sp³-hybridized carbons (Fsp3) is 0.190. The summed E-state index contributed by atoms with van der Waals surface area (Å²) >= 11 is 6.49. The maximum atomic E-state index is 12.9. The van der Waals surface area contributed by atoms with E-state index < -0.39 is 5.97 Å². The van der Waals surface area contributed by atoms with Crippen LogP contribution in [0.1, 0.15) is 29.3 Å². The van der Waals surface area contributed by atoms with Crippen molar-refractivity contribution in [2.45, 2.75) is 13.3 Å². The van der Waals surface area contributed by atoms with Crippen LogP contribution < -0.4 is 19.5 Å². The second-order valence-corrected chi connectivity index (χ2v) is 7.79. The number of methoxy groups -OCH3 is 1. The molecule has 1 amide bonds. The average Bonchev–Trinajstić information content (AvgIpc) is 2.99. The zero-order valence-corrected chi connectivity index (χ0v) is 17.5. The minimum absolute atomic E-state index is 0.0204. The van der Waals surface area contributed by atoms with Crippen LogP contribution >= 0.6 is 24.0 Å². The summed E-state index contributed by atoms with van der Waals surface area (Å²) < 4.78 is 11.3. The number of carbonyl (C=O) groups is 2. The van der Waals surface area contributed by atoms with E-state index in [9.17, 15) is 14.7 Å². The van der Waals surface area contributed by atoms with Gasteiger partial charge in [-0.25, -0.2) is 0 Å². The van der Waals surface area contributed by atoms with Gasteiger partial charge in [0.25, 0.3) is 5.91 Å². The summed E-state index contributed by atoms with van der Waals surface area (Å²) in [7, 11) is 1.56. The largest absolute Gasteiger partial charge is 0.545 e. The van der Waals surface area contributed by atoms with E-state index in [4.69, 9.17) is 21.7 Å². The van der Waals surface area contributed by atoms with Crippen molar-refractivity contribution in [3.05, 3.63) is 58.5 Å². The first-order valence-corrected chi connectivity index (χ1v) is 10.1. The van der Waals surface area contributed by atoms with Crippen LogP contribution in [-0.4, -0.2) is 29.9 Å². The molecule has 1 aliphatic heterocycles. The van der Waals surface area contributed by atoms with Crippen LogP contribution in [0.3, 0.4) is 0 Å². The maximum Gasteiger partial charge on any atom is 0.270 e. The van der Waals surface area contributed by atoms with Crippen molar-refractivity contribution in [2.24, 2.45) is 0 Å². The molecule has 0 saturated carbocycles. The van der Waals surface area contributed by atoms with Gasteiger partial charge in [-0.15, -0.1) is 0 Å². The quantitative estimate of drug-likeness (QED) is 0.495. The molecule has 2 aromatic rings. The van der Waals surface area contributed by atoms with Gasteiger partial charge < -0.3 is 19.4 Å². The fourth-order valence-corrected chi connectivity index (χ4v) is 4.02. The highest BCUT2D eigenvalue weighted by Gasteiger charge is 2.33. The van der Waals surface area contributed by atoms with E-state index in [1.165, 1.54) is 17.0 Å². The number of carbonyl (C=O) groups excluding carboxylic acids is 2. The molecule has 0 atom stereocenters. The predicted molar refractivity (Wildman–Crippen MR) is 115 cm³/mol. The zero-order chi connectivity index (χ0) is 21.0. The Bertz CT molecular complexity index is 1000. The number of amides is 1. The van der Waals surface area contributed by atoms with Crippen molar-refractivity contribution >= 4 is 51.9 Å². The Hall–Kier alpha value is -2.84. The number of hydrogen-bond donors (Lipinski definition) is 0. The third kappa shape index (κ3) is 4.60. The van der Waals surface area contributed by atoms with Gasteiger partial charge in [0.15, 0.2) is 15.8 Å². The Morgan fingerprint density at radius 3 is 2.72 bits per heavy atom. The van der Waals surface area contributed by atoms with Crippen LogP contribution in [-0.2, 0) is 4.79 Å². The van der Waals surface area contributed by atoms with Gasteiger partial charge in [0.2, 0.25) is 0 Å². The van der Waals surface area contributed by atoms with Crippen LogP contribution in [0.4, 0.5) is 5.69 Å². The summed E-state index contributed by atoms with van der Waals surface area (Å²) in [5, 5.41) is 11.1. The van der Waals surface area contributed by atoms with Crippen molar-refractivity contribution in [1.29, 1.82) is 0 Å². The van der Waals surface area contributed by atoms with Gasteiger partial charge in [0.05, 0.1) is 30.3 Å². The highest BCUT2D eigenvalue weighted by Crippen LogP contribution is 2.37. The van der Waals surface area contributed by atoms with Crippen molar-refractivity contribution in [2.75, 3.05) is 18.6 Å². The van der Waals surface area contributed by atoms with Gasteiger partial charge in [-0.2, -0.15) is 0 Å². The molecule has 8 heteroatoms. The molecule has 3 rings (SSSR count). The lowest BCUT2D eigenvalue weighted by atomic mass is 10.1. The van der Waals surface area contributed by atoms with Crippen LogP contribution in [0.5, 0.6) is 11.5 Å². The monoisotopic (exact) mass is 428 g/mol. The van der Waals surface area contributed by atoms with E-state index in [0.29, 0.717) is 33.0 Å². The van der Waals surface area contributed by atoms with E-state index in [0.717, 1.165) is 23.7 Å². The lowest BCUT2D eigenvalue weighted by Crippen LogP contribution is -2.28. The molecule has 29 heavy (non-hydrogen) atoms. The SMILES string of the molecule is CCCOc1ccc(/C=C2\SC(=S)N(c3cccc(C(=O)[O-])c3)C2=O)cc1OC. The number of ether oxygens (including phenoxy) is 2. The van der Waals surface area contributed by atoms with E-state index in [2.05, 4.69) is 0 Å². The molecule has 0 aliphatic carbocycles. The molecule has 0 aromatic heterocycles. The number of rotatable bonds is 7. The summed E-state index contributed by atoms with van der Waals surface area (Å²) in [4.78, 5) is 25.7. The molecule has 2 aromatic carbocycles. The summed E-state index contributed by atoms with van der Waals surface area (Å²) in [5.41, 5.74) is 1.13. The minimum Gasteiger partial charge on any atom is -0.545 e. The van der Waals surface area contributed by atoms with Crippen LogP contribution in [0.15, 0.2) is 47.4 Å². The lowest BCUT2D eigenvalue weighted by molar-refractivity contribution is -0.255. The summed E-state index contributed by atoms with van der Waals surface area (Å²) in [6, 6.07) is 11.4. The van der Waals surface area contributed by atoms with Crippen molar-refractivity contribution in [1.82, 2.24) is 0 Å². The van der Waals surface area contributed by atoms with E-state index in [1.54, 1.807) is 37.5 Å². The number of thiocarbonyl (C=S) groups is 1. The molecule has 150 valence electrons. The van der Waals surface area contributed by atoms with Crippen molar-refractivity contribution in [3.63, 3.8) is 0 Å². The molecule has 1 fully saturated rings. The van der Waals surface area contributed by atoms with Gasteiger partial charge in [-0.3, -0.25) is 9.69 Å². The molecular formula is C21H18NO5S2-. The Balaban J connectivity index is 1.88.